The molecule has 0 saturated carbocycles. The van der Waals surface area contributed by atoms with Crippen molar-refractivity contribution in [2.75, 3.05) is 6.61 Å². The number of ether oxygens (including phenoxy) is 1. The molecule has 2 amide bonds. The lowest BCUT2D eigenvalue weighted by molar-refractivity contribution is 0.0934. The maximum absolute atomic E-state index is 12.3. The highest BCUT2D eigenvalue weighted by molar-refractivity contribution is 7.80. The molecule has 3 N–H and O–H groups in total. The minimum Gasteiger partial charge on any atom is -0.494 e. The van der Waals surface area contributed by atoms with Crippen molar-refractivity contribution in [1.29, 1.82) is 0 Å². The molecule has 2 aromatic rings. The van der Waals surface area contributed by atoms with E-state index in [0.29, 0.717) is 23.5 Å². The highest BCUT2D eigenvalue weighted by Crippen LogP contribution is 2.13. The molecule has 142 valence electrons. The molecule has 7 heteroatoms. The summed E-state index contributed by atoms with van der Waals surface area (Å²) < 4.78 is 5.59. The highest BCUT2D eigenvalue weighted by atomic mass is 32.1. The molecule has 0 unspecified atom stereocenters. The van der Waals surface area contributed by atoms with Crippen LogP contribution in [0.4, 0.5) is 0 Å². The number of benzene rings is 2. The Morgan fingerprint density at radius 2 is 1.70 bits per heavy atom. The second kappa shape index (κ2) is 10.3. The summed E-state index contributed by atoms with van der Waals surface area (Å²) in [4.78, 5) is 24.4. The van der Waals surface area contributed by atoms with Crippen molar-refractivity contribution in [2.24, 2.45) is 0 Å². The van der Waals surface area contributed by atoms with Crippen LogP contribution in [-0.2, 0) is 0 Å². The van der Waals surface area contributed by atoms with Crippen molar-refractivity contribution in [2.45, 2.75) is 26.7 Å². The molecule has 0 saturated heterocycles. The van der Waals surface area contributed by atoms with Crippen LogP contribution in [0.25, 0.3) is 0 Å². The summed E-state index contributed by atoms with van der Waals surface area (Å²) in [5.41, 5.74) is 6.87. The predicted octanol–water partition coefficient (Wildman–Crippen LogP) is 3.12. The summed E-state index contributed by atoms with van der Waals surface area (Å²) in [7, 11) is 0. The van der Waals surface area contributed by atoms with Crippen LogP contribution in [0.5, 0.6) is 5.75 Å². The molecule has 0 atom stereocenters. The van der Waals surface area contributed by atoms with Gasteiger partial charge in [0.1, 0.15) is 5.75 Å². The van der Waals surface area contributed by atoms with Gasteiger partial charge in [0, 0.05) is 11.1 Å². The number of hydrazine groups is 1. The van der Waals surface area contributed by atoms with Crippen LogP contribution in [-0.4, -0.2) is 23.5 Å². The summed E-state index contributed by atoms with van der Waals surface area (Å²) in [5.74, 6) is -0.109. The first-order valence-electron chi connectivity index (χ1n) is 8.71. The lowest BCUT2D eigenvalue weighted by Crippen LogP contribution is -2.48. The number of aryl methyl sites for hydroxylation is 1. The lowest BCUT2D eigenvalue weighted by Gasteiger charge is -2.12. The fourth-order valence-electron chi connectivity index (χ4n) is 2.24. The van der Waals surface area contributed by atoms with Crippen LogP contribution >= 0.6 is 12.2 Å². The number of amides is 2. The number of carbonyl (C=O) groups is 2. The lowest BCUT2D eigenvalue weighted by atomic mass is 10.1. The van der Waals surface area contributed by atoms with Crippen LogP contribution in [0, 0.1) is 6.92 Å². The zero-order valence-electron chi connectivity index (χ0n) is 15.4. The quantitative estimate of drug-likeness (QED) is 0.404. The minimum atomic E-state index is -0.391. The average molecular weight is 385 g/mol. The van der Waals surface area contributed by atoms with Gasteiger partial charge in [-0.3, -0.25) is 25.8 Å². The molecule has 0 radical (unpaired) electrons. The Bertz CT molecular complexity index is 824. The molecule has 6 nitrogen and oxygen atoms in total. The second-order valence-electron chi connectivity index (χ2n) is 5.96. The van der Waals surface area contributed by atoms with Crippen molar-refractivity contribution >= 4 is 29.1 Å². The van der Waals surface area contributed by atoms with E-state index < -0.39 is 5.91 Å². The number of hydrogen-bond donors (Lipinski definition) is 3. The number of carbonyl (C=O) groups excluding carboxylic acids is 2. The molecule has 0 spiro atoms. The standard InChI is InChI=1S/C20H23N3O3S/c1-3-4-11-26-17-10-6-9-16(13-17)18(24)21-20(27)23-22-19(25)15-8-5-7-14(2)12-15/h5-10,12-13H,3-4,11H2,1-2H3,(H,22,25)(H2,21,23,24,27). The van der Waals surface area contributed by atoms with E-state index in [-0.39, 0.29) is 11.0 Å². The summed E-state index contributed by atoms with van der Waals surface area (Å²) in [6.45, 7) is 4.58. The number of rotatable bonds is 6. The Labute approximate surface area is 164 Å². The molecule has 0 bridgehead atoms. The van der Waals surface area contributed by atoms with E-state index in [1.54, 1.807) is 42.5 Å². The minimum absolute atomic E-state index is 0.00157. The van der Waals surface area contributed by atoms with E-state index in [9.17, 15) is 9.59 Å². The first-order chi connectivity index (χ1) is 13.0. The maximum Gasteiger partial charge on any atom is 0.269 e. The van der Waals surface area contributed by atoms with Crippen molar-refractivity contribution < 1.29 is 14.3 Å². The Morgan fingerprint density at radius 3 is 2.41 bits per heavy atom. The topological polar surface area (TPSA) is 79.5 Å². The Morgan fingerprint density at radius 1 is 1.00 bits per heavy atom. The van der Waals surface area contributed by atoms with E-state index in [1.807, 2.05) is 13.0 Å². The number of unbranched alkanes of at least 4 members (excludes halogenated alkanes) is 1. The summed E-state index contributed by atoms with van der Waals surface area (Å²) >= 11 is 5.05. The van der Waals surface area contributed by atoms with Gasteiger partial charge < -0.3 is 4.74 Å². The van der Waals surface area contributed by atoms with Gasteiger partial charge in [0.05, 0.1) is 6.61 Å². The van der Waals surface area contributed by atoms with Crippen LogP contribution in [0.2, 0.25) is 0 Å². The van der Waals surface area contributed by atoms with Crippen molar-refractivity contribution in [3.63, 3.8) is 0 Å². The van der Waals surface area contributed by atoms with Crippen molar-refractivity contribution in [3.8, 4) is 5.75 Å². The number of thiocarbonyl (C=S) groups is 1. The summed E-state index contributed by atoms with van der Waals surface area (Å²) in [6, 6.07) is 14.0. The van der Waals surface area contributed by atoms with Gasteiger partial charge in [-0.1, -0.05) is 37.1 Å². The third-order valence-corrected chi connectivity index (χ3v) is 3.86. The van der Waals surface area contributed by atoms with Gasteiger partial charge in [-0.2, -0.15) is 0 Å². The third kappa shape index (κ3) is 6.71. The zero-order chi connectivity index (χ0) is 19.6. The predicted molar refractivity (Wildman–Crippen MR) is 109 cm³/mol. The van der Waals surface area contributed by atoms with E-state index in [2.05, 4.69) is 23.1 Å². The van der Waals surface area contributed by atoms with E-state index in [1.165, 1.54) is 0 Å². The fraction of sp³-hybridized carbons (Fsp3) is 0.250. The van der Waals surface area contributed by atoms with Crippen LogP contribution in [0.15, 0.2) is 48.5 Å². The molecular weight excluding hydrogens is 362 g/mol. The highest BCUT2D eigenvalue weighted by Gasteiger charge is 2.10. The van der Waals surface area contributed by atoms with Gasteiger partial charge in [-0.15, -0.1) is 0 Å². The van der Waals surface area contributed by atoms with E-state index >= 15 is 0 Å². The molecule has 0 heterocycles. The van der Waals surface area contributed by atoms with Gasteiger partial charge in [-0.25, -0.2) is 0 Å². The van der Waals surface area contributed by atoms with Gasteiger partial charge in [-0.05, 0) is 55.9 Å². The van der Waals surface area contributed by atoms with Crippen molar-refractivity contribution in [3.05, 3.63) is 65.2 Å². The average Bonchev–Trinajstić information content (AvgIpc) is 2.66. The molecule has 2 rings (SSSR count). The molecule has 0 aliphatic carbocycles. The first kappa shape index (κ1) is 20.4. The SMILES string of the molecule is CCCCOc1cccc(C(=O)NC(=S)NNC(=O)c2cccc(C)c2)c1. The van der Waals surface area contributed by atoms with Gasteiger partial charge >= 0.3 is 0 Å². The first-order valence-corrected chi connectivity index (χ1v) is 9.11. The normalized spacial score (nSPS) is 10.0. The summed E-state index contributed by atoms with van der Waals surface area (Å²) in [5, 5.41) is 2.52. The molecule has 27 heavy (non-hydrogen) atoms. The molecular formula is C20H23N3O3S. The van der Waals surface area contributed by atoms with Crippen LogP contribution < -0.4 is 20.9 Å². The largest absolute Gasteiger partial charge is 0.494 e. The zero-order valence-corrected chi connectivity index (χ0v) is 16.2. The molecule has 2 aromatic carbocycles. The third-order valence-electron chi connectivity index (χ3n) is 3.66. The Balaban J connectivity index is 1.85. The molecule has 0 aromatic heterocycles. The van der Waals surface area contributed by atoms with Crippen molar-refractivity contribution in [1.82, 2.24) is 16.2 Å². The molecule has 0 fully saturated rings. The Kier molecular flexibility index (Phi) is 7.76. The Hall–Kier alpha value is -2.93. The smallest absolute Gasteiger partial charge is 0.269 e. The van der Waals surface area contributed by atoms with Crippen LogP contribution in [0.3, 0.4) is 0 Å². The second-order valence-corrected chi connectivity index (χ2v) is 6.37. The number of nitrogens with one attached hydrogen (secondary N) is 3. The van der Waals surface area contributed by atoms with E-state index in [0.717, 1.165) is 18.4 Å². The number of hydrogen-bond acceptors (Lipinski definition) is 4. The van der Waals surface area contributed by atoms with Gasteiger partial charge in [0.15, 0.2) is 5.11 Å². The van der Waals surface area contributed by atoms with E-state index in [4.69, 9.17) is 17.0 Å². The molecule has 0 aliphatic heterocycles. The summed E-state index contributed by atoms with van der Waals surface area (Å²) in [6.07, 6.45) is 1.99. The van der Waals surface area contributed by atoms with Gasteiger partial charge in [0.2, 0.25) is 0 Å². The molecule has 0 aliphatic rings. The van der Waals surface area contributed by atoms with Crippen LogP contribution in [0.1, 0.15) is 46.0 Å². The monoisotopic (exact) mass is 385 g/mol. The van der Waals surface area contributed by atoms with Gasteiger partial charge in [0.25, 0.3) is 11.8 Å². The fourth-order valence-corrected chi connectivity index (χ4v) is 2.38. The maximum atomic E-state index is 12.3.